The van der Waals surface area contributed by atoms with E-state index in [1.54, 1.807) is 30.5 Å². The number of benzene rings is 2. The lowest BCUT2D eigenvalue weighted by Crippen LogP contribution is -2.15. The number of fused-ring (bicyclic) bond motifs is 1. The number of aromatic amines is 1. The first-order valence-electron chi connectivity index (χ1n) is 8.08. The standard InChI is InChI=1S/C20H16ClNO4/c21-14-7-5-13(6-8-14)18(23)9-10-20(25)26-12-19(24)16-11-22-17-4-2-1-3-15(16)17/h1-8,11,22H,9-10,12H2. The molecule has 3 rings (SSSR count). The van der Waals surface area contributed by atoms with Gasteiger partial charge in [-0.1, -0.05) is 29.8 Å². The van der Waals surface area contributed by atoms with E-state index in [1.807, 2.05) is 24.3 Å². The number of para-hydroxylation sites is 1. The van der Waals surface area contributed by atoms with E-state index >= 15 is 0 Å². The van der Waals surface area contributed by atoms with Crippen LogP contribution in [-0.2, 0) is 9.53 Å². The number of ketones is 2. The Labute approximate surface area is 154 Å². The SMILES string of the molecule is O=C(CCC(=O)c1ccc(Cl)cc1)OCC(=O)c1c[nH]c2ccccc12. The van der Waals surface area contributed by atoms with E-state index in [1.165, 1.54) is 0 Å². The second kappa shape index (κ2) is 7.97. The number of esters is 1. The number of ether oxygens (including phenoxy) is 1. The topological polar surface area (TPSA) is 76.2 Å². The van der Waals surface area contributed by atoms with Gasteiger partial charge < -0.3 is 9.72 Å². The largest absolute Gasteiger partial charge is 0.457 e. The van der Waals surface area contributed by atoms with E-state index in [9.17, 15) is 14.4 Å². The van der Waals surface area contributed by atoms with Crippen molar-refractivity contribution in [2.45, 2.75) is 12.8 Å². The summed E-state index contributed by atoms with van der Waals surface area (Å²) in [7, 11) is 0. The summed E-state index contributed by atoms with van der Waals surface area (Å²) in [5.74, 6) is -1.05. The van der Waals surface area contributed by atoms with Crippen LogP contribution in [0.25, 0.3) is 10.9 Å². The van der Waals surface area contributed by atoms with Gasteiger partial charge in [0.2, 0.25) is 5.78 Å². The molecule has 0 aliphatic rings. The summed E-state index contributed by atoms with van der Waals surface area (Å²) >= 11 is 5.77. The number of hydrogen-bond acceptors (Lipinski definition) is 4. The summed E-state index contributed by atoms with van der Waals surface area (Å²) in [6.07, 6.45) is 1.54. The molecule has 0 aliphatic heterocycles. The fraction of sp³-hybridized carbons (Fsp3) is 0.150. The third-order valence-electron chi connectivity index (χ3n) is 3.98. The molecule has 26 heavy (non-hydrogen) atoms. The zero-order chi connectivity index (χ0) is 18.5. The average molecular weight is 370 g/mol. The molecule has 0 atom stereocenters. The molecule has 6 heteroatoms. The highest BCUT2D eigenvalue weighted by molar-refractivity contribution is 6.30. The summed E-state index contributed by atoms with van der Waals surface area (Å²) in [5, 5.41) is 1.32. The Kier molecular flexibility index (Phi) is 5.49. The van der Waals surface area contributed by atoms with Crippen LogP contribution in [0.1, 0.15) is 33.6 Å². The smallest absolute Gasteiger partial charge is 0.306 e. The molecule has 1 N–H and O–H groups in total. The van der Waals surface area contributed by atoms with Gasteiger partial charge in [-0.15, -0.1) is 0 Å². The molecule has 0 unspecified atom stereocenters. The van der Waals surface area contributed by atoms with Crippen LogP contribution in [0.4, 0.5) is 0 Å². The predicted molar refractivity (Wildman–Crippen MR) is 98.6 cm³/mol. The first-order chi connectivity index (χ1) is 12.5. The van der Waals surface area contributed by atoms with Crippen molar-refractivity contribution in [3.8, 4) is 0 Å². The number of rotatable bonds is 7. The van der Waals surface area contributed by atoms with Gasteiger partial charge >= 0.3 is 5.97 Å². The molecule has 0 aliphatic carbocycles. The Balaban J connectivity index is 1.50. The number of H-pyrrole nitrogens is 1. The Morgan fingerprint density at radius 1 is 0.923 bits per heavy atom. The number of halogens is 1. The fourth-order valence-electron chi connectivity index (χ4n) is 2.59. The zero-order valence-corrected chi connectivity index (χ0v) is 14.6. The van der Waals surface area contributed by atoms with Crippen molar-refractivity contribution in [2.24, 2.45) is 0 Å². The molecule has 132 valence electrons. The molecule has 5 nitrogen and oxygen atoms in total. The number of carbonyl (C=O) groups is 3. The van der Waals surface area contributed by atoms with Gasteiger partial charge in [0.05, 0.1) is 6.42 Å². The monoisotopic (exact) mass is 369 g/mol. The molecule has 0 saturated heterocycles. The number of hydrogen-bond donors (Lipinski definition) is 1. The highest BCUT2D eigenvalue weighted by Crippen LogP contribution is 2.18. The molecule has 1 aromatic heterocycles. The molecular formula is C20H16ClNO4. The molecule has 1 heterocycles. The predicted octanol–water partition coefficient (Wildman–Crippen LogP) is 4.21. The lowest BCUT2D eigenvalue weighted by molar-refractivity contribution is -0.142. The molecule has 2 aromatic carbocycles. The average Bonchev–Trinajstić information content (AvgIpc) is 3.09. The van der Waals surface area contributed by atoms with Gasteiger partial charge in [-0.2, -0.15) is 0 Å². The molecule has 0 amide bonds. The normalized spacial score (nSPS) is 10.7. The number of aromatic nitrogens is 1. The summed E-state index contributed by atoms with van der Waals surface area (Å²) in [6, 6.07) is 13.8. The number of Topliss-reactive ketones (excluding diaryl/α,β-unsaturated/α-hetero) is 2. The molecule has 0 spiro atoms. The van der Waals surface area contributed by atoms with E-state index < -0.39 is 5.97 Å². The second-order valence-electron chi connectivity index (χ2n) is 5.76. The Morgan fingerprint density at radius 3 is 2.42 bits per heavy atom. The highest BCUT2D eigenvalue weighted by atomic mass is 35.5. The van der Waals surface area contributed by atoms with E-state index in [2.05, 4.69) is 4.98 Å². The first-order valence-corrected chi connectivity index (χ1v) is 8.46. The third kappa shape index (κ3) is 4.18. The molecule has 0 fully saturated rings. The lowest BCUT2D eigenvalue weighted by atomic mass is 10.1. The third-order valence-corrected chi connectivity index (χ3v) is 4.23. The van der Waals surface area contributed by atoms with Crippen LogP contribution in [-0.4, -0.2) is 29.1 Å². The van der Waals surface area contributed by atoms with Gasteiger partial charge in [-0.25, -0.2) is 0 Å². The van der Waals surface area contributed by atoms with Gasteiger partial charge in [0.25, 0.3) is 0 Å². The van der Waals surface area contributed by atoms with E-state index in [-0.39, 0.29) is 31.0 Å². The van der Waals surface area contributed by atoms with Crippen molar-refractivity contribution in [3.05, 3.63) is 70.9 Å². The van der Waals surface area contributed by atoms with Crippen LogP contribution in [0.15, 0.2) is 54.7 Å². The molecule has 0 radical (unpaired) electrons. The maximum atomic E-state index is 12.2. The van der Waals surface area contributed by atoms with Crippen LogP contribution in [0.5, 0.6) is 0 Å². The second-order valence-corrected chi connectivity index (χ2v) is 6.20. The number of carbonyl (C=O) groups excluding carboxylic acids is 3. The van der Waals surface area contributed by atoms with E-state index in [4.69, 9.17) is 16.3 Å². The summed E-state index contributed by atoms with van der Waals surface area (Å²) in [5.41, 5.74) is 1.80. The fourth-order valence-corrected chi connectivity index (χ4v) is 2.72. The summed E-state index contributed by atoms with van der Waals surface area (Å²) in [4.78, 5) is 39.1. The van der Waals surface area contributed by atoms with E-state index in [0.29, 0.717) is 16.1 Å². The van der Waals surface area contributed by atoms with Crippen molar-refractivity contribution in [3.63, 3.8) is 0 Å². The van der Waals surface area contributed by atoms with Crippen molar-refractivity contribution in [2.75, 3.05) is 6.61 Å². The van der Waals surface area contributed by atoms with Crippen molar-refractivity contribution < 1.29 is 19.1 Å². The Morgan fingerprint density at radius 2 is 1.65 bits per heavy atom. The van der Waals surface area contributed by atoms with Gasteiger partial charge in [0.15, 0.2) is 12.4 Å². The Bertz CT molecular complexity index is 959. The molecule has 0 bridgehead atoms. The van der Waals surface area contributed by atoms with Crippen molar-refractivity contribution in [1.29, 1.82) is 0 Å². The summed E-state index contributed by atoms with van der Waals surface area (Å²) < 4.78 is 5.01. The minimum Gasteiger partial charge on any atom is -0.457 e. The van der Waals surface area contributed by atoms with Crippen LogP contribution in [0.2, 0.25) is 5.02 Å². The van der Waals surface area contributed by atoms with Crippen molar-refractivity contribution >= 4 is 40.0 Å². The minimum absolute atomic E-state index is 0.0156. The van der Waals surface area contributed by atoms with Crippen molar-refractivity contribution in [1.82, 2.24) is 4.98 Å². The quantitative estimate of drug-likeness (QED) is 0.500. The number of nitrogens with one attached hydrogen (secondary N) is 1. The molecule has 0 saturated carbocycles. The molecular weight excluding hydrogens is 354 g/mol. The highest BCUT2D eigenvalue weighted by Gasteiger charge is 2.15. The van der Waals surface area contributed by atoms with Gasteiger partial charge in [0, 0.05) is 39.7 Å². The van der Waals surface area contributed by atoms with Gasteiger partial charge in [-0.3, -0.25) is 14.4 Å². The Hall–Kier alpha value is -2.92. The van der Waals surface area contributed by atoms with Crippen LogP contribution in [0.3, 0.4) is 0 Å². The maximum absolute atomic E-state index is 12.2. The van der Waals surface area contributed by atoms with Gasteiger partial charge in [-0.05, 0) is 30.3 Å². The lowest BCUT2D eigenvalue weighted by Gasteiger charge is -2.04. The first kappa shape index (κ1) is 17.9. The maximum Gasteiger partial charge on any atom is 0.306 e. The zero-order valence-electron chi connectivity index (χ0n) is 13.8. The molecule has 3 aromatic rings. The van der Waals surface area contributed by atoms with E-state index in [0.717, 1.165) is 10.9 Å². The summed E-state index contributed by atoms with van der Waals surface area (Å²) in [6.45, 7) is -0.351. The minimum atomic E-state index is -0.583. The van der Waals surface area contributed by atoms with Gasteiger partial charge in [0.1, 0.15) is 0 Å². The van der Waals surface area contributed by atoms with Crippen LogP contribution < -0.4 is 0 Å². The van der Waals surface area contributed by atoms with Crippen LogP contribution >= 0.6 is 11.6 Å². The van der Waals surface area contributed by atoms with Crippen LogP contribution in [0, 0.1) is 0 Å².